The standard InChI is InChI=1S/C15H7BrClFO2.C7H5BrO2/c16-12-2-1-3-13-11(12)7-14(20-13)15(19)8-4-9(17)6-10(18)5-8;8-6-2-1-3-7(10)5(6)4-9/h1-7H;1-4,10H. The van der Waals surface area contributed by atoms with Crippen molar-refractivity contribution in [1.29, 1.82) is 0 Å². The van der Waals surface area contributed by atoms with Crippen LogP contribution in [0.2, 0.25) is 5.02 Å². The van der Waals surface area contributed by atoms with Gasteiger partial charge >= 0.3 is 0 Å². The Morgan fingerprint density at radius 1 is 1.03 bits per heavy atom. The van der Waals surface area contributed by atoms with Crippen LogP contribution in [-0.2, 0) is 0 Å². The smallest absolute Gasteiger partial charge is 0.228 e. The first kappa shape index (κ1) is 22.2. The van der Waals surface area contributed by atoms with Gasteiger partial charge in [0.05, 0.1) is 5.56 Å². The number of rotatable bonds is 3. The summed E-state index contributed by atoms with van der Waals surface area (Å²) in [6, 6.07) is 15.6. The maximum Gasteiger partial charge on any atom is 0.228 e. The van der Waals surface area contributed by atoms with E-state index in [0.717, 1.165) is 22.0 Å². The van der Waals surface area contributed by atoms with Gasteiger partial charge in [-0.2, -0.15) is 0 Å². The fraction of sp³-hybridized carbons (Fsp3) is 0. The molecule has 4 rings (SSSR count). The highest BCUT2D eigenvalue weighted by Crippen LogP contribution is 2.28. The molecule has 1 N–H and O–H groups in total. The van der Waals surface area contributed by atoms with Crippen molar-refractivity contribution < 1.29 is 23.5 Å². The number of fused-ring (bicyclic) bond motifs is 1. The lowest BCUT2D eigenvalue weighted by atomic mass is 10.1. The highest BCUT2D eigenvalue weighted by Gasteiger charge is 2.17. The monoisotopic (exact) mass is 552 g/mol. The molecule has 1 aromatic heterocycles. The van der Waals surface area contributed by atoms with Gasteiger partial charge in [-0.3, -0.25) is 9.59 Å². The summed E-state index contributed by atoms with van der Waals surface area (Å²) in [5.74, 6) is -0.814. The van der Waals surface area contributed by atoms with Gasteiger partial charge in [-0.1, -0.05) is 39.7 Å². The summed E-state index contributed by atoms with van der Waals surface area (Å²) in [6.45, 7) is 0. The summed E-state index contributed by atoms with van der Waals surface area (Å²) in [4.78, 5) is 22.6. The number of aldehydes is 1. The van der Waals surface area contributed by atoms with Crippen LogP contribution in [0.5, 0.6) is 5.75 Å². The molecule has 4 aromatic rings. The maximum atomic E-state index is 13.3. The van der Waals surface area contributed by atoms with Gasteiger partial charge in [-0.05, 0) is 64.5 Å². The minimum Gasteiger partial charge on any atom is -0.507 e. The molecule has 3 aromatic carbocycles. The Morgan fingerprint density at radius 3 is 2.33 bits per heavy atom. The van der Waals surface area contributed by atoms with Crippen LogP contribution in [0.25, 0.3) is 11.0 Å². The number of benzene rings is 3. The predicted octanol–water partition coefficient (Wildman–Crippen LogP) is 7.19. The average molecular weight is 555 g/mol. The van der Waals surface area contributed by atoms with Gasteiger partial charge in [0.25, 0.3) is 0 Å². The second kappa shape index (κ2) is 9.55. The lowest BCUT2D eigenvalue weighted by Crippen LogP contribution is -2.00. The van der Waals surface area contributed by atoms with E-state index in [1.807, 2.05) is 12.1 Å². The van der Waals surface area contributed by atoms with Gasteiger partial charge in [-0.25, -0.2) is 4.39 Å². The normalized spacial score (nSPS) is 10.4. The van der Waals surface area contributed by atoms with E-state index < -0.39 is 11.6 Å². The molecular weight excluding hydrogens is 542 g/mol. The SMILES string of the molecule is O=C(c1cc(F)cc(Cl)c1)c1cc2c(Br)cccc2o1.O=Cc1c(O)cccc1Br. The van der Waals surface area contributed by atoms with Crippen molar-refractivity contribution in [2.75, 3.05) is 0 Å². The van der Waals surface area contributed by atoms with E-state index in [4.69, 9.17) is 21.1 Å². The Bertz CT molecular complexity index is 1210. The lowest BCUT2D eigenvalue weighted by molar-refractivity contribution is 0.101. The summed E-state index contributed by atoms with van der Waals surface area (Å²) in [5, 5.41) is 9.99. The number of ketones is 1. The van der Waals surface area contributed by atoms with Crippen molar-refractivity contribution >= 4 is 66.5 Å². The molecule has 0 spiro atoms. The third kappa shape index (κ3) is 4.98. The van der Waals surface area contributed by atoms with Crippen LogP contribution in [0.3, 0.4) is 0 Å². The van der Waals surface area contributed by atoms with Crippen LogP contribution in [-0.4, -0.2) is 17.2 Å². The minimum absolute atomic E-state index is 0.00405. The van der Waals surface area contributed by atoms with Gasteiger partial charge in [0, 0.05) is 24.9 Å². The van der Waals surface area contributed by atoms with Crippen LogP contribution in [0.4, 0.5) is 4.39 Å². The number of furan rings is 1. The Hall–Kier alpha value is -2.48. The van der Waals surface area contributed by atoms with E-state index in [1.54, 1.807) is 24.3 Å². The van der Waals surface area contributed by atoms with Crippen LogP contribution < -0.4 is 0 Å². The summed E-state index contributed by atoms with van der Waals surface area (Å²) < 4.78 is 20.2. The molecule has 0 aliphatic rings. The van der Waals surface area contributed by atoms with Gasteiger partial charge in [0.1, 0.15) is 17.1 Å². The number of carbonyl (C=O) groups excluding carboxylic acids is 2. The summed E-state index contributed by atoms with van der Waals surface area (Å²) in [7, 11) is 0. The van der Waals surface area contributed by atoms with E-state index in [9.17, 15) is 14.0 Å². The van der Waals surface area contributed by atoms with E-state index >= 15 is 0 Å². The molecule has 0 radical (unpaired) electrons. The fourth-order valence-electron chi connectivity index (χ4n) is 2.61. The van der Waals surface area contributed by atoms with Crippen molar-refractivity contribution in [2.24, 2.45) is 0 Å². The third-order valence-corrected chi connectivity index (χ3v) is 5.61. The van der Waals surface area contributed by atoms with Gasteiger partial charge in [-0.15, -0.1) is 0 Å². The maximum absolute atomic E-state index is 13.3. The van der Waals surface area contributed by atoms with Gasteiger partial charge in [0.15, 0.2) is 12.0 Å². The topological polar surface area (TPSA) is 67.5 Å². The zero-order valence-electron chi connectivity index (χ0n) is 15.0. The zero-order valence-corrected chi connectivity index (χ0v) is 19.0. The van der Waals surface area contributed by atoms with Crippen molar-refractivity contribution in [3.8, 4) is 5.75 Å². The van der Waals surface area contributed by atoms with Crippen LogP contribution in [0, 0.1) is 5.82 Å². The molecule has 30 heavy (non-hydrogen) atoms. The number of aromatic hydroxyl groups is 1. The van der Waals surface area contributed by atoms with Crippen molar-refractivity contribution in [3.05, 3.63) is 97.3 Å². The second-order valence-corrected chi connectivity index (χ2v) is 8.19. The van der Waals surface area contributed by atoms with E-state index in [0.29, 0.717) is 21.9 Å². The van der Waals surface area contributed by atoms with E-state index in [1.165, 1.54) is 12.1 Å². The molecule has 1 heterocycles. The molecule has 0 amide bonds. The number of carbonyl (C=O) groups is 2. The van der Waals surface area contributed by atoms with Crippen molar-refractivity contribution in [2.45, 2.75) is 0 Å². The minimum atomic E-state index is -0.557. The molecule has 0 aliphatic carbocycles. The third-order valence-electron chi connectivity index (χ3n) is 4.00. The van der Waals surface area contributed by atoms with Crippen LogP contribution in [0.15, 0.2) is 74.0 Å². The molecule has 0 bridgehead atoms. The largest absolute Gasteiger partial charge is 0.507 e. The van der Waals surface area contributed by atoms with Gasteiger partial charge in [0.2, 0.25) is 5.78 Å². The molecule has 152 valence electrons. The predicted molar refractivity (Wildman–Crippen MR) is 120 cm³/mol. The highest BCUT2D eigenvalue weighted by molar-refractivity contribution is 9.11. The molecule has 4 nitrogen and oxygen atoms in total. The first-order valence-corrected chi connectivity index (χ1v) is 10.4. The fourth-order valence-corrected chi connectivity index (χ4v) is 3.74. The number of hydrogen-bond donors (Lipinski definition) is 1. The van der Waals surface area contributed by atoms with Crippen molar-refractivity contribution in [3.63, 3.8) is 0 Å². The quantitative estimate of drug-likeness (QED) is 0.215. The van der Waals surface area contributed by atoms with Crippen LogP contribution in [0.1, 0.15) is 26.5 Å². The molecule has 0 fully saturated rings. The summed E-state index contributed by atoms with van der Waals surface area (Å²) in [6.07, 6.45) is 0.611. The molecule has 0 saturated carbocycles. The van der Waals surface area contributed by atoms with Crippen LogP contribution >= 0.6 is 43.5 Å². The van der Waals surface area contributed by atoms with Crippen molar-refractivity contribution in [1.82, 2.24) is 0 Å². The summed E-state index contributed by atoms with van der Waals surface area (Å²) >= 11 is 12.3. The molecule has 8 heteroatoms. The first-order chi connectivity index (χ1) is 14.3. The number of hydrogen-bond acceptors (Lipinski definition) is 4. The first-order valence-electron chi connectivity index (χ1n) is 8.41. The molecular formula is C22H12Br2ClFO4. The highest BCUT2D eigenvalue weighted by atomic mass is 79.9. The lowest BCUT2D eigenvalue weighted by Gasteiger charge is -1.99. The number of phenols is 1. The number of halogens is 4. The number of phenolic OH excluding ortho intramolecular Hbond substituents is 1. The molecule has 0 atom stereocenters. The van der Waals surface area contributed by atoms with E-state index in [-0.39, 0.29) is 22.1 Å². The summed E-state index contributed by atoms with van der Waals surface area (Å²) in [5.41, 5.74) is 1.04. The van der Waals surface area contributed by atoms with E-state index in [2.05, 4.69) is 31.9 Å². The van der Waals surface area contributed by atoms with Gasteiger partial charge < -0.3 is 9.52 Å². The Morgan fingerprint density at radius 2 is 1.73 bits per heavy atom. The second-order valence-electron chi connectivity index (χ2n) is 6.04. The Kier molecular flexibility index (Phi) is 7.07. The molecule has 0 aliphatic heterocycles. The molecule has 0 saturated heterocycles. The molecule has 0 unspecified atom stereocenters. The Labute approximate surface area is 192 Å². The zero-order chi connectivity index (χ0) is 21.8. The average Bonchev–Trinajstić information content (AvgIpc) is 3.13. The Balaban J connectivity index is 0.000000216.